The zero-order valence-electron chi connectivity index (χ0n) is 12.8. The third kappa shape index (κ3) is 2.57. The van der Waals surface area contributed by atoms with Gasteiger partial charge in [-0.05, 0) is 57.2 Å². The first-order chi connectivity index (χ1) is 10.0. The molecule has 4 nitrogen and oxygen atoms in total. The predicted molar refractivity (Wildman–Crippen MR) is 85.1 cm³/mol. The van der Waals surface area contributed by atoms with E-state index in [1.54, 1.807) is 10.4 Å². The van der Waals surface area contributed by atoms with Crippen molar-refractivity contribution in [3.8, 4) is 0 Å². The van der Waals surface area contributed by atoms with Crippen molar-refractivity contribution < 1.29 is 8.42 Å². The molecule has 3 rings (SSSR count). The molecule has 0 saturated carbocycles. The topological polar surface area (TPSA) is 49.4 Å². The fraction of sp³-hybridized carbons (Fsp3) is 0.625. The van der Waals surface area contributed by atoms with E-state index in [1.165, 1.54) is 0 Å². The van der Waals surface area contributed by atoms with Crippen LogP contribution >= 0.6 is 0 Å². The molecule has 2 atom stereocenters. The summed E-state index contributed by atoms with van der Waals surface area (Å²) in [5, 5.41) is 3.32. The van der Waals surface area contributed by atoms with Crippen LogP contribution in [-0.4, -0.2) is 31.4 Å². The van der Waals surface area contributed by atoms with Gasteiger partial charge in [-0.2, -0.15) is 4.31 Å². The van der Waals surface area contributed by atoms with Gasteiger partial charge in [0.05, 0.1) is 4.90 Å². The highest BCUT2D eigenvalue weighted by atomic mass is 32.2. The van der Waals surface area contributed by atoms with Gasteiger partial charge in [-0.3, -0.25) is 0 Å². The van der Waals surface area contributed by atoms with Gasteiger partial charge in [0.2, 0.25) is 10.0 Å². The molecule has 1 fully saturated rings. The molecule has 0 aromatic heterocycles. The second kappa shape index (κ2) is 5.61. The lowest BCUT2D eigenvalue weighted by molar-refractivity contribution is 0.204. The summed E-state index contributed by atoms with van der Waals surface area (Å²) in [6, 6.07) is 5.78. The molecule has 0 spiro atoms. The largest absolute Gasteiger partial charge is 0.385 e. The summed E-state index contributed by atoms with van der Waals surface area (Å²) >= 11 is 0. The van der Waals surface area contributed by atoms with E-state index in [1.807, 2.05) is 26.0 Å². The molecule has 1 saturated heterocycles. The van der Waals surface area contributed by atoms with Gasteiger partial charge in [0.15, 0.2) is 0 Å². The Kier molecular flexibility index (Phi) is 3.97. The highest BCUT2D eigenvalue weighted by Gasteiger charge is 2.37. The summed E-state index contributed by atoms with van der Waals surface area (Å²) in [5.74, 6) is 0. The number of hydrogen-bond donors (Lipinski definition) is 1. The van der Waals surface area contributed by atoms with Crippen molar-refractivity contribution in [3.05, 3.63) is 23.8 Å². The minimum absolute atomic E-state index is 0.0890. The number of benzene rings is 1. The van der Waals surface area contributed by atoms with Crippen LogP contribution in [0, 0.1) is 0 Å². The SMILES string of the molecule is CC1CCCC(C)N1S(=O)(=O)c1cccc2c1CCCN2. The first-order valence-electron chi connectivity index (χ1n) is 7.91. The highest BCUT2D eigenvalue weighted by Crippen LogP contribution is 2.34. The van der Waals surface area contributed by atoms with Crippen LogP contribution in [0.3, 0.4) is 0 Å². The second-order valence-electron chi connectivity index (χ2n) is 6.28. The average Bonchev–Trinajstić information content (AvgIpc) is 2.46. The summed E-state index contributed by atoms with van der Waals surface area (Å²) in [5.41, 5.74) is 1.95. The molecule has 2 aliphatic heterocycles. The number of nitrogens with zero attached hydrogens (tertiary/aromatic N) is 1. The van der Waals surface area contributed by atoms with E-state index in [-0.39, 0.29) is 12.1 Å². The van der Waals surface area contributed by atoms with Crippen molar-refractivity contribution >= 4 is 15.7 Å². The maximum atomic E-state index is 13.2. The minimum atomic E-state index is -3.41. The summed E-state index contributed by atoms with van der Waals surface area (Å²) in [4.78, 5) is 0.507. The second-order valence-corrected chi connectivity index (χ2v) is 8.09. The third-order valence-corrected chi connectivity index (χ3v) is 6.93. The first kappa shape index (κ1) is 14.9. The molecule has 0 bridgehead atoms. The lowest BCUT2D eigenvalue weighted by atomic mass is 10.0. The van der Waals surface area contributed by atoms with E-state index in [9.17, 15) is 8.42 Å². The fourth-order valence-electron chi connectivity index (χ4n) is 3.70. The lowest BCUT2D eigenvalue weighted by Crippen LogP contribution is -2.47. The Bertz CT molecular complexity index is 617. The molecule has 2 aliphatic rings. The fourth-order valence-corrected chi connectivity index (χ4v) is 5.86. The van der Waals surface area contributed by atoms with Crippen LogP contribution in [0.2, 0.25) is 0 Å². The number of sulfonamides is 1. The molecule has 0 amide bonds. The number of piperidine rings is 1. The van der Waals surface area contributed by atoms with Gasteiger partial charge in [-0.15, -0.1) is 0 Å². The normalized spacial score (nSPS) is 27.0. The van der Waals surface area contributed by atoms with Crippen LogP contribution in [0.15, 0.2) is 23.1 Å². The maximum absolute atomic E-state index is 13.2. The Balaban J connectivity index is 2.06. The third-order valence-electron chi connectivity index (χ3n) is 4.72. The molecule has 21 heavy (non-hydrogen) atoms. The van der Waals surface area contributed by atoms with Crippen LogP contribution in [0.1, 0.15) is 45.1 Å². The van der Waals surface area contributed by atoms with E-state index < -0.39 is 10.0 Å². The number of anilines is 1. The van der Waals surface area contributed by atoms with E-state index in [4.69, 9.17) is 0 Å². The molecule has 116 valence electrons. The van der Waals surface area contributed by atoms with Gasteiger partial charge in [0.25, 0.3) is 0 Å². The molecule has 2 unspecified atom stereocenters. The van der Waals surface area contributed by atoms with Crippen LogP contribution in [-0.2, 0) is 16.4 Å². The quantitative estimate of drug-likeness (QED) is 0.913. The van der Waals surface area contributed by atoms with Crippen molar-refractivity contribution in [2.45, 2.75) is 62.9 Å². The molecule has 1 aromatic rings. The van der Waals surface area contributed by atoms with Crippen molar-refractivity contribution in [3.63, 3.8) is 0 Å². The number of nitrogens with one attached hydrogen (secondary N) is 1. The number of rotatable bonds is 2. The van der Waals surface area contributed by atoms with E-state index >= 15 is 0 Å². The molecule has 1 aromatic carbocycles. The van der Waals surface area contributed by atoms with Crippen molar-refractivity contribution in [1.29, 1.82) is 0 Å². The monoisotopic (exact) mass is 308 g/mol. The molecule has 0 aliphatic carbocycles. The number of hydrogen-bond acceptors (Lipinski definition) is 3. The van der Waals surface area contributed by atoms with Crippen LogP contribution in [0.5, 0.6) is 0 Å². The molecule has 0 radical (unpaired) electrons. The van der Waals surface area contributed by atoms with E-state index in [0.717, 1.165) is 49.9 Å². The van der Waals surface area contributed by atoms with Crippen LogP contribution < -0.4 is 5.32 Å². The van der Waals surface area contributed by atoms with Gasteiger partial charge < -0.3 is 5.32 Å². The van der Waals surface area contributed by atoms with Crippen molar-refractivity contribution in [2.75, 3.05) is 11.9 Å². The summed E-state index contributed by atoms with van der Waals surface area (Å²) in [6.07, 6.45) is 4.86. The molecule has 1 N–H and O–H groups in total. The molecular weight excluding hydrogens is 284 g/mol. The smallest absolute Gasteiger partial charge is 0.243 e. The van der Waals surface area contributed by atoms with E-state index in [0.29, 0.717) is 4.90 Å². The molecule has 5 heteroatoms. The highest BCUT2D eigenvalue weighted by molar-refractivity contribution is 7.89. The zero-order valence-corrected chi connectivity index (χ0v) is 13.6. The Labute approximate surface area is 127 Å². The van der Waals surface area contributed by atoms with Crippen LogP contribution in [0.25, 0.3) is 0 Å². The van der Waals surface area contributed by atoms with Gasteiger partial charge in [0, 0.05) is 24.3 Å². The summed E-state index contributed by atoms with van der Waals surface area (Å²) in [7, 11) is -3.41. The number of fused-ring (bicyclic) bond motifs is 1. The molecule has 2 heterocycles. The average molecular weight is 308 g/mol. The minimum Gasteiger partial charge on any atom is -0.385 e. The van der Waals surface area contributed by atoms with Gasteiger partial charge in [-0.1, -0.05) is 12.5 Å². The Hall–Kier alpha value is -1.07. The Morgan fingerprint density at radius 3 is 2.57 bits per heavy atom. The van der Waals surface area contributed by atoms with Crippen molar-refractivity contribution in [1.82, 2.24) is 4.31 Å². The summed E-state index contributed by atoms with van der Waals surface area (Å²) in [6.45, 7) is 4.98. The van der Waals surface area contributed by atoms with Crippen LogP contribution in [0.4, 0.5) is 5.69 Å². The zero-order chi connectivity index (χ0) is 15.0. The Morgan fingerprint density at radius 1 is 1.14 bits per heavy atom. The van der Waals surface area contributed by atoms with E-state index in [2.05, 4.69) is 5.32 Å². The maximum Gasteiger partial charge on any atom is 0.243 e. The summed E-state index contributed by atoms with van der Waals surface area (Å²) < 4.78 is 28.1. The lowest BCUT2D eigenvalue weighted by Gasteiger charge is -2.38. The Morgan fingerprint density at radius 2 is 1.86 bits per heavy atom. The molecular formula is C16H24N2O2S. The predicted octanol–water partition coefficient (Wildman–Crippen LogP) is 3.00. The van der Waals surface area contributed by atoms with Gasteiger partial charge >= 0.3 is 0 Å². The van der Waals surface area contributed by atoms with Gasteiger partial charge in [0.1, 0.15) is 0 Å². The standard InChI is InChI=1S/C16H24N2O2S/c1-12-6-3-7-13(2)18(12)21(19,20)16-10-4-9-15-14(16)8-5-11-17-15/h4,9-10,12-13,17H,3,5-8,11H2,1-2H3. The van der Waals surface area contributed by atoms with Gasteiger partial charge in [-0.25, -0.2) is 8.42 Å². The first-order valence-corrected chi connectivity index (χ1v) is 9.35. The van der Waals surface area contributed by atoms with Crippen molar-refractivity contribution in [2.24, 2.45) is 0 Å².